The first-order valence-electron chi connectivity index (χ1n) is 5.23. The lowest BCUT2D eigenvalue weighted by atomic mass is 10.3. The van der Waals surface area contributed by atoms with E-state index in [0.717, 1.165) is 25.4 Å². The van der Waals surface area contributed by atoms with Crippen LogP contribution >= 0.6 is 0 Å². The van der Waals surface area contributed by atoms with E-state index in [1.54, 1.807) is 6.26 Å². The summed E-state index contributed by atoms with van der Waals surface area (Å²) in [5.74, 6) is 1.02. The summed E-state index contributed by atoms with van der Waals surface area (Å²) < 4.78 is 11.0. The lowest BCUT2D eigenvalue weighted by molar-refractivity contribution is 0.589. The van der Waals surface area contributed by atoms with Gasteiger partial charge in [-0.05, 0) is 31.8 Å². The highest BCUT2D eigenvalue weighted by molar-refractivity contribution is 7.84. The van der Waals surface area contributed by atoms with Crippen molar-refractivity contribution in [2.24, 2.45) is 5.92 Å². The average molecular weight is 203 g/mol. The molecule has 1 aliphatic rings. The molecule has 0 radical (unpaired) electrons. The van der Waals surface area contributed by atoms with Crippen LogP contribution in [0.25, 0.3) is 0 Å². The molecule has 1 rings (SSSR count). The Bertz CT molecular complexity index is 168. The normalized spacial score (nSPS) is 21.4. The predicted octanol–water partition coefficient (Wildman–Crippen LogP) is 1.53. The van der Waals surface area contributed by atoms with E-state index in [4.69, 9.17) is 0 Å². The number of hydrogen-bond donors (Lipinski definition) is 1. The maximum absolute atomic E-state index is 11.0. The third kappa shape index (κ3) is 5.42. The first-order valence-corrected chi connectivity index (χ1v) is 6.85. The van der Waals surface area contributed by atoms with Gasteiger partial charge in [-0.25, -0.2) is 0 Å². The highest BCUT2D eigenvalue weighted by Crippen LogP contribution is 2.31. The molecule has 1 N–H and O–H groups in total. The molecule has 2 nitrogen and oxygen atoms in total. The molecule has 1 saturated carbocycles. The molecule has 13 heavy (non-hydrogen) atoms. The third-order valence-corrected chi connectivity index (χ3v) is 4.09. The minimum absolute atomic E-state index is 0.341. The van der Waals surface area contributed by atoms with Crippen molar-refractivity contribution in [3.63, 3.8) is 0 Å². The molecule has 0 amide bonds. The van der Waals surface area contributed by atoms with Gasteiger partial charge in [0.05, 0.1) is 0 Å². The van der Waals surface area contributed by atoms with Gasteiger partial charge in [0, 0.05) is 22.3 Å². The SMILES string of the molecule is CC(CCNCCC1CC1)S(C)=O. The molecule has 0 spiro atoms. The van der Waals surface area contributed by atoms with Crippen LogP contribution in [-0.2, 0) is 10.8 Å². The van der Waals surface area contributed by atoms with Crippen LogP contribution in [0.3, 0.4) is 0 Å². The maximum Gasteiger partial charge on any atom is 0.0329 e. The molecule has 0 aliphatic heterocycles. The van der Waals surface area contributed by atoms with Crippen molar-refractivity contribution in [1.29, 1.82) is 0 Å². The van der Waals surface area contributed by atoms with E-state index in [1.165, 1.54) is 19.3 Å². The topological polar surface area (TPSA) is 29.1 Å². The summed E-state index contributed by atoms with van der Waals surface area (Å²) in [7, 11) is -0.652. The van der Waals surface area contributed by atoms with Crippen molar-refractivity contribution in [2.75, 3.05) is 19.3 Å². The van der Waals surface area contributed by atoms with Gasteiger partial charge >= 0.3 is 0 Å². The summed E-state index contributed by atoms with van der Waals surface area (Å²) in [6.45, 7) is 4.22. The fraction of sp³-hybridized carbons (Fsp3) is 1.00. The Balaban J connectivity index is 1.84. The number of nitrogens with one attached hydrogen (secondary N) is 1. The minimum Gasteiger partial charge on any atom is -0.317 e. The van der Waals surface area contributed by atoms with Crippen molar-refractivity contribution >= 4 is 10.8 Å². The molecule has 0 aromatic heterocycles. The van der Waals surface area contributed by atoms with Gasteiger partial charge in [-0.1, -0.05) is 19.8 Å². The monoisotopic (exact) mass is 203 g/mol. The molecular weight excluding hydrogens is 182 g/mol. The van der Waals surface area contributed by atoms with E-state index in [2.05, 4.69) is 12.2 Å². The molecule has 0 aromatic carbocycles. The van der Waals surface area contributed by atoms with Crippen molar-refractivity contribution in [3.8, 4) is 0 Å². The third-order valence-electron chi connectivity index (χ3n) is 2.72. The minimum atomic E-state index is -0.652. The Morgan fingerprint density at radius 2 is 2.15 bits per heavy atom. The Labute approximate surface area is 83.9 Å². The van der Waals surface area contributed by atoms with E-state index in [0.29, 0.717) is 5.25 Å². The molecule has 1 fully saturated rings. The second-order valence-corrected chi connectivity index (χ2v) is 5.88. The molecule has 0 bridgehead atoms. The van der Waals surface area contributed by atoms with Crippen LogP contribution in [0.1, 0.15) is 32.6 Å². The number of hydrogen-bond acceptors (Lipinski definition) is 2. The number of rotatable bonds is 7. The van der Waals surface area contributed by atoms with E-state index in [9.17, 15) is 4.21 Å². The molecule has 78 valence electrons. The van der Waals surface area contributed by atoms with Gasteiger partial charge in [0.25, 0.3) is 0 Å². The van der Waals surface area contributed by atoms with Gasteiger partial charge < -0.3 is 5.32 Å². The predicted molar refractivity (Wildman–Crippen MR) is 58.4 cm³/mol. The summed E-state index contributed by atoms with van der Waals surface area (Å²) in [6, 6.07) is 0. The molecule has 2 unspecified atom stereocenters. The Morgan fingerprint density at radius 1 is 1.46 bits per heavy atom. The molecule has 1 aliphatic carbocycles. The molecule has 0 aromatic rings. The van der Waals surface area contributed by atoms with Crippen LogP contribution in [0.4, 0.5) is 0 Å². The molecule has 0 heterocycles. The van der Waals surface area contributed by atoms with Gasteiger partial charge in [-0.3, -0.25) is 4.21 Å². The Hall–Kier alpha value is 0.110. The van der Waals surface area contributed by atoms with E-state index in [1.807, 2.05) is 0 Å². The van der Waals surface area contributed by atoms with E-state index < -0.39 is 10.8 Å². The van der Waals surface area contributed by atoms with Crippen LogP contribution in [0, 0.1) is 5.92 Å². The second kappa shape index (κ2) is 5.76. The highest BCUT2D eigenvalue weighted by Gasteiger charge is 2.19. The van der Waals surface area contributed by atoms with E-state index >= 15 is 0 Å². The van der Waals surface area contributed by atoms with E-state index in [-0.39, 0.29) is 0 Å². The van der Waals surface area contributed by atoms with Gasteiger partial charge in [0.1, 0.15) is 0 Å². The fourth-order valence-corrected chi connectivity index (χ4v) is 1.76. The lowest BCUT2D eigenvalue weighted by Gasteiger charge is -2.08. The zero-order valence-electron chi connectivity index (χ0n) is 8.71. The fourth-order valence-electron chi connectivity index (χ4n) is 1.31. The molecule has 2 atom stereocenters. The van der Waals surface area contributed by atoms with Gasteiger partial charge in [-0.2, -0.15) is 0 Å². The van der Waals surface area contributed by atoms with Crippen LogP contribution in [-0.4, -0.2) is 28.8 Å². The standard InChI is InChI=1S/C10H21NOS/c1-9(13(2)12)5-7-11-8-6-10-3-4-10/h9-11H,3-8H2,1-2H3. The van der Waals surface area contributed by atoms with Crippen molar-refractivity contribution in [3.05, 3.63) is 0 Å². The maximum atomic E-state index is 11.0. The van der Waals surface area contributed by atoms with Crippen molar-refractivity contribution < 1.29 is 4.21 Å². The Kier molecular flexibility index (Phi) is 4.96. The van der Waals surface area contributed by atoms with Crippen LogP contribution in [0.5, 0.6) is 0 Å². The van der Waals surface area contributed by atoms with Gasteiger partial charge in [-0.15, -0.1) is 0 Å². The zero-order chi connectivity index (χ0) is 9.68. The lowest BCUT2D eigenvalue weighted by Crippen LogP contribution is -2.22. The summed E-state index contributed by atoms with van der Waals surface area (Å²) in [4.78, 5) is 0. The quantitative estimate of drug-likeness (QED) is 0.636. The van der Waals surface area contributed by atoms with Gasteiger partial charge in [0.15, 0.2) is 0 Å². The largest absolute Gasteiger partial charge is 0.317 e. The first kappa shape index (κ1) is 11.2. The molecule has 0 saturated heterocycles. The van der Waals surface area contributed by atoms with Crippen LogP contribution in [0.15, 0.2) is 0 Å². The van der Waals surface area contributed by atoms with Crippen molar-refractivity contribution in [2.45, 2.75) is 37.9 Å². The molecule has 3 heteroatoms. The second-order valence-electron chi connectivity index (χ2n) is 4.08. The van der Waals surface area contributed by atoms with Crippen molar-refractivity contribution in [1.82, 2.24) is 5.32 Å². The van der Waals surface area contributed by atoms with Crippen LogP contribution < -0.4 is 5.32 Å². The molecular formula is C10H21NOS. The summed E-state index contributed by atoms with van der Waals surface area (Å²) in [5.41, 5.74) is 0. The van der Waals surface area contributed by atoms with Gasteiger partial charge in [0.2, 0.25) is 0 Å². The summed E-state index contributed by atoms with van der Waals surface area (Å²) in [6.07, 6.45) is 7.04. The van der Waals surface area contributed by atoms with Crippen LogP contribution in [0.2, 0.25) is 0 Å². The zero-order valence-corrected chi connectivity index (χ0v) is 9.53. The first-order chi connectivity index (χ1) is 6.20. The highest BCUT2D eigenvalue weighted by atomic mass is 32.2. The summed E-state index contributed by atoms with van der Waals surface area (Å²) >= 11 is 0. The Morgan fingerprint density at radius 3 is 2.69 bits per heavy atom. The average Bonchev–Trinajstić information content (AvgIpc) is 2.87. The smallest absolute Gasteiger partial charge is 0.0329 e. The summed E-state index contributed by atoms with van der Waals surface area (Å²) in [5, 5.41) is 3.75.